The maximum atomic E-state index is 14.0. The molecule has 0 radical (unpaired) electrons. The number of aromatic nitrogens is 2. The summed E-state index contributed by atoms with van der Waals surface area (Å²) in [4.78, 5) is 16.3. The molecule has 0 N–H and O–H groups in total. The Bertz CT molecular complexity index is 1140. The van der Waals surface area contributed by atoms with E-state index in [1.54, 1.807) is 24.6 Å². The fourth-order valence-corrected chi connectivity index (χ4v) is 19.7. The first-order valence-electron chi connectivity index (χ1n) is 14.5. The molecule has 3 aliphatic rings. The van der Waals surface area contributed by atoms with Gasteiger partial charge in [-0.1, -0.05) is 55.4 Å². The van der Waals surface area contributed by atoms with Crippen LogP contribution in [0.15, 0.2) is 17.1 Å². The van der Waals surface area contributed by atoms with Crippen molar-refractivity contribution >= 4 is 24.7 Å². The zero-order chi connectivity index (χ0) is 29.7. The van der Waals surface area contributed by atoms with Gasteiger partial charge in [0, 0.05) is 12.3 Å². The van der Waals surface area contributed by atoms with Crippen LogP contribution >= 0.6 is 7.60 Å². The van der Waals surface area contributed by atoms with E-state index in [1.165, 1.54) is 6.07 Å². The summed E-state index contributed by atoms with van der Waals surface area (Å²) in [5, 5.41) is 0. The molecule has 0 spiro atoms. The van der Waals surface area contributed by atoms with Gasteiger partial charge in [0.25, 0.3) is 5.56 Å². The molecule has 0 aliphatic carbocycles. The minimum Gasteiger partial charge on any atom is -0.453 e. The van der Waals surface area contributed by atoms with Crippen LogP contribution < -0.4 is 10.3 Å². The highest BCUT2D eigenvalue weighted by Gasteiger charge is 2.69. The summed E-state index contributed by atoms with van der Waals surface area (Å²) in [6, 6.07) is 1.42. The molecule has 1 aromatic rings. The molecule has 0 aromatic carbocycles. The Hall–Kier alpha value is -0.896. The molecule has 14 heteroatoms. The first kappa shape index (κ1) is 32.0. The van der Waals surface area contributed by atoms with Gasteiger partial charge < -0.3 is 31.5 Å². The van der Waals surface area contributed by atoms with Crippen molar-refractivity contribution in [2.75, 3.05) is 26.0 Å². The monoisotopic (exact) mass is 618 g/mol. The SMILES string of the molecule is CCOP(=O)(C[C@@]12O[C@@H]3CO[Si](C(C)C)(C(C)C)O[Si](C(C)C)(C(C)C)O[C@H]3[C@@H]1Oc1nc(=O)ccn12)OCC. The predicted molar refractivity (Wildman–Crippen MR) is 155 cm³/mol. The number of fused-ring (bicyclic) bond motifs is 5. The zero-order valence-electron chi connectivity index (χ0n) is 25.5. The Labute approximate surface area is 240 Å². The van der Waals surface area contributed by atoms with E-state index < -0.39 is 54.3 Å². The second-order valence-electron chi connectivity index (χ2n) is 12.1. The minimum atomic E-state index is -3.66. The van der Waals surface area contributed by atoms with Crippen molar-refractivity contribution in [1.29, 1.82) is 0 Å². The molecule has 4 rings (SSSR count). The van der Waals surface area contributed by atoms with E-state index in [4.69, 9.17) is 31.5 Å². The topological polar surface area (TPSA) is 117 Å². The Balaban J connectivity index is 1.89. The van der Waals surface area contributed by atoms with E-state index in [9.17, 15) is 9.36 Å². The van der Waals surface area contributed by atoms with Crippen LogP contribution in [0.2, 0.25) is 22.2 Å². The number of nitrogens with zero attached hydrogens (tertiary/aromatic N) is 2. The summed E-state index contributed by atoms with van der Waals surface area (Å²) < 4.78 is 61.8. The van der Waals surface area contributed by atoms with Crippen molar-refractivity contribution < 1.29 is 36.1 Å². The Morgan fingerprint density at radius 2 is 1.60 bits per heavy atom. The van der Waals surface area contributed by atoms with Gasteiger partial charge in [0.15, 0.2) is 11.8 Å². The van der Waals surface area contributed by atoms with E-state index in [1.807, 2.05) is 0 Å². The van der Waals surface area contributed by atoms with E-state index in [0.29, 0.717) is 0 Å². The van der Waals surface area contributed by atoms with Crippen LogP contribution in [-0.2, 0) is 37.0 Å². The van der Waals surface area contributed by atoms with Gasteiger partial charge in [-0.2, -0.15) is 4.98 Å². The van der Waals surface area contributed by atoms with Gasteiger partial charge in [-0.25, -0.2) is 0 Å². The summed E-state index contributed by atoms with van der Waals surface area (Å²) in [6.45, 7) is 21.4. The van der Waals surface area contributed by atoms with Gasteiger partial charge in [0.2, 0.25) is 0 Å². The van der Waals surface area contributed by atoms with Crippen molar-refractivity contribution in [2.45, 2.75) is 115 Å². The molecule has 2 saturated heterocycles. The first-order chi connectivity index (χ1) is 18.7. The summed E-state index contributed by atoms with van der Waals surface area (Å²) in [5.74, 6) is 0. The number of hydrogen-bond acceptors (Lipinski definition) is 10. The minimum absolute atomic E-state index is 0.0810. The highest BCUT2D eigenvalue weighted by atomic mass is 31.2. The fraction of sp³-hybridized carbons (Fsp3) is 0.846. The molecule has 1 aromatic heterocycles. The van der Waals surface area contributed by atoms with Crippen molar-refractivity contribution in [3.8, 4) is 6.01 Å². The molecule has 0 unspecified atom stereocenters. The molecule has 0 saturated carbocycles. The summed E-state index contributed by atoms with van der Waals surface area (Å²) in [7, 11) is -9.47. The number of ether oxygens (including phenoxy) is 2. The van der Waals surface area contributed by atoms with Gasteiger partial charge in [-0.15, -0.1) is 0 Å². The Kier molecular flexibility index (Phi) is 9.33. The van der Waals surface area contributed by atoms with E-state index >= 15 is 0 Å². The van der Waals surface area contributed by atoms with Crippen LogP contribution in [0.4, 0.5) is 0 Å². The molecule has 228 valence electrons. The molecule has 0 amide bonds. The third-order valence-corrected chi connectivity index (χ3v) is 20.7. The maximum absolute atomic E-state index is 14.0. The number of hydrogen-bond donors (Lipinski definition) is 0. The average molecular weight is 619 g/mol. The third kappa shape index (κ3) is 5.24. The normalized spacial score (nSPS) is 29.3. The molecule has 11 nitrogen and oxygen atoms in total. The molecule has 0 bridgehead atoms. The van der Waals surface area contributed by atoms with E-state index in [2.05, 4.69) is 60.4 Å². The molecule has 4 heterocycles. The molecule has 2 fully saturated rings. The zero-order valence-corrected chi connectivity index (χ0v) is 28.4. The van der Waals surface area contributed by atoms with Crippen LogP contribution in [0.5, 0.6) is 6.01 Å². The lowest BCUT2D eigenvalue weighted by molar-refractivity contribution is -0.110. The van der Waals surface area contributed by atoms with Gasteiger partial charge in [0.1, 0.15) is 18.4 Å². The van der Waals surface area contributed by atoms with Crippen LogP contribution in [0.25, 0.3) is 0 Å². The van der Waals surface area contributed by atoms with Crippen molar-refractivity contribution in [3.63, 3.8) is 0 Å². The smallest absolute Gasteiger partial charge is 0.335 e. The van der Waals surface area contributed by atoms with Crippen molar-refractivity contribution in [1.82, 2.24) is 9.55 Å². The van der Waals surface area contributed by atoms with Crippen LogP contribution in [-0.4, -0.2) is 71.0 Å². The lowest BCUT2D eigenvalue weighted by atomic mass is 10.0. The second-order valence-corrected chi connectivity index (χ2v) is 23.0. The lowest BCUT2D eigenvalue weighted by Gasteiger charge is -2.51. The quantitative estimate of drug-likeness (QED) is 0.253. The Morgan fingerprint density at radius 1 is 1.02 bits per heavy atom. The van der Waals surface area contributed by atoms with Crippen LogP contribution in [0, 0.1) is 0 Å². The van der Waals surface area contributed by atoms with Gasteiger partial charge in [0.05, 0.1) is 19.8 Å². The fourth-order valence-electron chi connectivity index (χ4n) is 6.48. The van der Waals surface area contributed by atoms with E-state index in [-0.39, 0.29) is 54.2 Å². The first-order valence-corrected chi connectivity index (χ1v) is 20.2. The summed E-state index contributed by atoms with van der Waals surface area (Å²) in [6.07, 6.45) is -0.538. The molecule has 4 atom stereocenters. The van der Waals surface area contributed by atoms with E-state index in [0.717, 1.165) is 0 Å². The summed E-state index contributed by atoms with van der Waals surface area (Å²) in [5.41, 5.74) is -1.26. The van der Waals surface area contributed by atoms with Crippen LogP contribution in [0.1, 0.15) is 69.2 Å². The maximum Gasteiger partial charge on any atom is 0.335 e. The molecule has 3 aliphatic heterocycles. The van der Waals surface area contributed by atoms with Crippen molar-refractivity contribution in [2.24, 2.45) is 0 Å². The second kappa shape index (κ2) is 11.6. The standard InChI is InChI=1S/C26H47N2O9PSi2/c1-11-31-38(30,32-12-2)16-26-24(34-25-27-22(29)13-14-28(25)26)23-21(35-26)15-33-39(17(3)4,18(5)6)37-40(36-23,19(7)8)20(9)10/h13-14,17-21,23-24H,11-12,15-16H2,1-10H3/t21-,23-,24+,26-/m1/s1. The molecular formula is C26H47N2O9PSi2. The van der Waals surface area contributed by atoms with Gasteiger partial charge in [-0.3, -0.25) is 13.9 Å². The molecule has 40 heavy (non-hydrogen) atoms. The third-order valence-electron chi connectivity index (χ3n) is 8.29. The van der Waals surface area contributed by atoms with Crippen LogP contribution in [0.3, 0.4) is 0 Å². The highest BCUT2D eigenvalue weighted by molar-refractivity contribution is 7.53. The predicted octanol–water partition coefficient (Wildman–Crippen LogP) is 5.28. The average Bonchev–Trinajstić information content (AvgIpc) is 3.27. The largest absolute Gasteiger partial charge is 0.453 e. The van der Waals surface area contributed by atoms with Gasteiger partial charge >= 0.3 is 30.7 Å². The van der Waals surface area contributed by atoms with Crippen molar-refractivity contribution in [3.05, 3.63) is 22.6 Å². The Morgan fingerprint density at radius 3 is 2.12 bits per heavy atom. The number of rotatable bonds is 10. The van der Waals surface area contributed by atoms with Gasteiger partial charge in [-0.05, 0) is 36.0 Å². The lowest BCUT2D eigenvalue weighted by Crippen LogP contribution is -2.66. The highest BCUT2D eigenvalue weighted by Crippen LogP contribution is 2.59. The summed E-state index contributed by atoms with van der Waals surface area (Å²) >= 11 is 0. The molecular weight excluding hydrogens is 571 g/mol.